The molecule has 0 N–H and O–H groups in total. The average molecular weight is 206 g/mol. The van der Waals surface area contributed by atoms with Crippen molar-refractivity contribution in [3.63, 3.8) is 0 Å². The lowest BCUT2D eigenvalue weighted by Gasteiger charge is -2.00. The highest BCUT2D eigenvalue weighted by atomic mass is 16.6. The Balaban J connectivity index is 1.97. The summed E-state index contributed by atoms with van der Waals surface area (Å²) in [4.78, 5) is 0. The van der Waals surface area contributed by atoms with Gasteiger partial charge in [0.25, 0.3) is 5.95 Å². The highest BCUT2D eigenvalue weighted by molar-refractivity contribution is 5.78. The second-order valence-corrected chi connectivity index (χ2v) is 3.30. The van der Waals surface area contributed by atoms with E-state index in [1.807, 2.05) is 30.3 Å². The van der Waals surface area contributed by atoms with Gasteiger partial charge >= 0.3 is 0 Å². The summed E-state index contributed by atoms with van der Waals surface area (Å²) >= 11 is 0. The average Bonchev–Trinajstić information content (AvgIpc) is 2.67. The highest BCUT2D eigenvalue weighted by Gasteiger charge is 2.02. The van der Waals surface area contributed by atoms with Crippen LogP contribution in [0.5, 0.6) is 5.95 Å². The monoisotopic (exact) mass is 206 g/mol. The highest BCUT2D eigenvalue weighted by Crippen LogP contribution is 2.24. The molecule has 0 saturated carbocycles. The van der Waals surface area contributed by atoms with Crippen molar-refractivity contribution in [2.24, 2.45) is 0 Å². The standard InChI is InChI=1S/C12H14O3/c1-13-7-4-8-14-12-9-10-5-2-3-6-11(10)15-12/h2-3,5-6,9H,4,7-8H2,1H3. The molecule has 3 nitrogen and oxygen atoms in total. The number of para-hydroxylation sites is 1. The zero-order valence-electron chi connectivity index (χ0n) is 8.73. The largest absolute Gasteiger partial charge is 0.465 e. The molecule has 0 fully saturated rings. The Morgan fingerprint density at radius 3 is 2.87 bits per heavy atom. The van der Waals surface area contributed by atoms with Gasteiger partial charge < -0.3 is 13.9 Å². The van der Waals surface area contributed by atoms with Crippen LogP contribution in [0.1, 0.15) is 6.42 Å². The smallest absolute Gasteiger partial charge is 0.285 e. The van der Waals surface area contributed by atoms with E-state index in [2.05, 4.69) is 0 Å². The Kier molecular flexibility index (Phi) is 3.25. The summed E-state index contributed by atoms with van der Waals surface area (Å²) in [6.07, 6.45) is 0.869. The summed E-state index contributed by atoms with van der Waals surface area (Å²) in [5.74, 6) is 0.576. The summed E-state index contributed by atoms with van der Waals surface area (Å²) in [5, 5.41) is 1.07. The van der Waals surface area contributed by atoms with Gasteiger partial charge in [-0.1, -0.05) is 18.2 Å². The fourth-order valence-corrected chi connectivity index (χ4v) is 1.40. The van der Waals surface area contributed by atoms with Gasteiger partial charge in [0.05, 0.1) is 6.61 Å². The third-order valence-electron chi connectivity index (χ3n) is 2.14. The van der Waals surface area contributed by atoms with E-state index in [1.54, 1.807) is 7.11 Å². The van der Waals surface area contributed by atoms with Crippen LogP contribution < -0.4 is 4.74 Å². The first-order valence-electron chi connectivity index (χ1n) is 5.00. The van der Waals surface area contributed by atoms with E-state index < -0.39 is 0 Å². The molecule has 1 heterocycles. The number of ether oxygens (including phenoxy) is 2. The van der Waals surface area contributed by atoms with Crippen LogP contribution in [0.3, 0.4) is 0 Å². The zero-order chi connectivity index (χ0) is 10.5. The molecule has 0 aliphatic heterocycles. The summed E-state index contributed by atoms with van der Waals surface area (Å²) in [6.45, 7) is 1.33. The van der Waals surface area contributed by atoms with Gasteiger partial charge in [0.15, 0.2) is 0 Å². The van der Waals surface area contributed by atoms with Crippen molar-refractivity contribution in [2.45, 2.75) is 6.42 Å². The van der Waals surface area contributed by atoms with E-state index in [-0.39, 0.29) is 0 Å². The number of benzene rings is 1. The summed E-state index contributed by atoms with van der Waals surface area (Å²) in [5.41, 5.74) is 0.860. The minimum absolute atomic E-state index is 0.576. The van der Waals surface area contributed by atoms with Crippen molar-refractivity contribution in [1.29, 1.82) is 0 Å². The molecule has 0 aliphatic carbocycles. The van der Waals surface area contributed by atoms with E-state index in [0.717, 1.165) is 17.4 Å². The predicted octanol–water partition coefficient (Wildman–Crippen LogP) is 2.85. The molecule has 0 aliphatic rings. The molecule has 0 bridgehead atoms. The molecule has 0 unspecified atom stereocenters. The molecule has 0 radical (unpaired) electrons. The van der Waals surface area contributed by atoms with Crippen LogP contribution in [0.15, 0.2) is 34.7 Å². The Morgan fingerprint density at radius 2 is 2.07 bits per heavy atom. The van der Waals surface area contributed by atoms with Gasteiger partial charge in [-0.3, -0.25) is 0 Å². The fourth-order valence-electron chi connectivity index (χ4n) is 1.40. The van der Waals surface area contributed by atoms with Gasteiger partial charge in [-0.2, -0.15) is 0 Å². The topological polar surface area (TPSA) is 31.6 Å². The van der Waals surface area contributed by atoms with Crippen molar-refractivity contribution >= 4 is 11.0 Å². The van der Waals surface area contributed by atoms with Crippen molar-refractivity contribution in [3.8, 4) is 5.95 Å². The molecule has 0 amide bonds. The molecule has 0 saturated heterocycles. The number of fused-ring (bicyclic) bond motifs is 1. The first-order chi connectivity index (χ1) is 7.40. The molecule has 0 atom stereocenters. The summed E-state index contributed by atoms with van der Waals surface area (Å²) < 4.78 is 15.9. The summed E-state index contributed by atoms with van der Waals surface area (Å²) in [7, 11) is 1.68. The van der Waals surface area contributed by atoms with Gasteiger partial charge in [0, 0.05) is 31.6 Å². The van der Waals surface area contributed by atoms with E-state index >= 15 is 0 Å². The van der Waals surface area contributed by atoms with Gasteiger partial charge in [0.1, 0.15) is 5.58 Å². The molecule has 0 spiro atoms. The lowest BCUT2D eigenvalue weighted by Crippen LogP contribution is -2.00. The lowest BCUT2D eigenvalue weighted by molar-refractivity contribution is 0.162. The maximum atomic E-state index is 5.49. The van der Waals surface area contributed by atoms with Crippen LogP contribution in [-0.2, 0) is 4.74 Å². The zero-order valence-corrected chi connectivity index (χ0v) is 8.73. The summed E-state index contributed by atoms with van der Waals surface area (Å²) in [6, 6.07) is 9.76. The molecule has 15 heavy (non-hydrogen) atoms. The van der Waals surface area contributed by atoms with E-state index in [4.69, 9.17) is 13.9 Å². The number of hydrogen-bond acceptors (Lipinski definition) is 3. The van der Waals surface area contributed by atoms with Gasteiger partial charge in [-0.05, 0) is 6.07 Å². The number of methoxy groups -OCH3 is 1. The van der Waals surface area contributed by atoms with Crippen LogP contribution in [0.4, 0.5) is 0 Å². The Hall–Kier alpha value is -1.48. The number of rotatable bonds is 5. The quantitative estimate of drug-likeness (QED) is 0.705. The van der Waals surface area contributed by atoms with Crippen molar-refractivity contribution in [2.75, 3.05) is 20.3 Å². The molecule has 1 aromatic carbocycles. The van der Waals surface area contributed by atoms with Crippen molar-refractivity contribution in [3.05, 3.63) is 30.3 Å². The second-order valence-electron chi connectivity index (χ2n) is 3.30. The van der Waals surface area contributed by atoms with Gasteiger partial charge in [-0.15, -0.1) is 0 Å². The van der Waals surface area contributed by atoms with E-state index in [1.165, 1.54) is 0 Å². The maximum absolute atomic E-state index is 5.49. The van der Waals surface area contributed by atoms with Crippen molar-refractivity contribution < 1.29 is 13.9 Å². The first kappa shape index (κ1) is 10.1. The Labute approximate surface area is 88.6 Å². The Bertz CT molecular complexity index is 386. The minimum Gasteiger partial charge on any atom is -0.465 e. The van der Waals surface area contributed by atoms with E-state index in [0.29, 0.717) is 19.2 Å². The Morgan fingerprint density at radius 1 is 1.20 bits per heavy atom. The molecule has 80 valence electrons. The van der Waals surface area contributed by atoms with Gasteiger partial charge in [-0.25, -0.2) is 0 Å². The van der Waals surface area contributed by atoms with Crippen LogP contribution in [0, 0.1) is 0 Å². The van der Waals surface area contributed by atoms with Crippen molar-refractivity contribution in [1.82, 2.24) is 0 Å². The first-order valence-corrected chi connectivity index (χ1v) is 5.00. The molecule has 2 rings (SSSR count). The molecule has 3 heteroatoms. The van der Waals surface area contributed by atoms with E-state index in [9.17, 15) is 0 Å². The number of furan rings is 1. The predicted molar refractivity (Wildman–Crippen MR) is 58.2 cm³/mol. The molecule has 1 aromatic heterocycles. The normalized spacial score (nSPS) is 10.7. The fraction of sp³-hybridized carbons (Fsp3) is 0.333. The lowest BCUT2D eigenvalue weighted by atomic mass is 10.3. The molecular weight excluding hydrogens is 192 g/mol. The van der Waals surface area contributed by atoms with Gasteiger partial charge in [0.2, 0.25) is 0 Å². The number of hydrogen-bond donors (Lipinski definition) is 0. The third kappa shape index (κ3) is 2.50. The second kappa shape index (κ2) is 4.84. The maximum Gasteiger partial charge on any atom is 0.285 e. The molecule has 2 aromatic rings. The van der Waals surface area contributed by atoms with Crippen LogP contribution >= 0.6 is 0 Å². The third-order valence-corrected chi connectivity index (χ3v) is 2.14. The van der Waals surface area contributed by atoms with Crippen LogP contribution in [0.25, 0.3) is 11.0 Å². The van der Waals surface area contributed by atoms with Crippen LogP contribution in [0.2, 0.25) is 0 Å². The van der Waals surface area contributed by atoms with Crippen LogP contribution in [-0.4, -0.2) is 20.3 Å². The SMILES string of the molecule is COCCCOc1cc2ccccc2o1. The minimum atomic E-state index is 0.576. The molecular formula is C12H14O3.